The summed E-state index contributed by atoms with van der Waals surface area (Å²) < 4.78 is 1.70. The van der Waals surface area contributed by atoms with E-state index in [0.717, 1.165) is 23.6 Å². The Kier molecular flexibility index (Phi) is 3.14. The summed E-state index contributed by atoms with van der Waals surface area (Å²) in [5.74, 6) is 0.817. The Morgan fingerprint density at radius 2 is 2.25 bits per heavy atom. The summed E-state index contributed by atoms with van der Waals surface area (Å²) in [5.41, 5.74) is 1.78. The van der Waals surface area contributed by atoms with Crippen LogP contribution in [0.1, 0.15) is 12.1 Å². The molecule has 104 valence electrons. The van der Waals surface area contributed by atoms with E-state index in [0.29, 0.717) is 6.54 Å². The number of rotatable bonds is 3. The minimum atomic E-state index is -0.218. The Bertz CT molecular complexity index is 636. The molecule has 1 saturated heterocycles. The molecule has 0 radical (unpaired) electrons. The first-order chi connectivity index (χ1) is 9.63. The second-order valence-corrected chi connectivity index (χ2v) is 5.01. The van der Waals surface area contributed by atoms with Crippen LogP contribution in [0.3, 0.4) is 0 Å². The van der Waals surface area contributed by atoms with Gasteiger partial charge in [0.1, 0.15) is 11.9 Å². The van der Waals surface area contributed by atoms with Gasteiger partial charge in [0.05, 0.1) is 11.9 Å². The smallest absolute Gasteiger partial charge is 0.249 e. The van der Waals surface area contributed by atoms with Crippen molar-refractivity contribution in [3.63, 3.8) is 0 Å². The van der Waals surface area contributed by atoms with E-state index in [1.54, 1.807) is 15.8 Å². The van der Waals surface area contributed by atoms with Crippen LogP contribution in [0.4, 0.5) is 11.5 Å². The van der Waals surface area contributed by atoms with Gasteiger partial charge < -0.3 is 10.2 Å². The van der Waals surface area contributed by atoms with E-state index in [4.69, 9.17) is 0 Å². The Balaban J connectivity index is 1.73. The molecule has 3 rings (SSSR count). The number of aromatic nitrogens is 3. The van der Waals surface area contributed by atoms with Gasteiger partial charge in [-0.2, -0.15) is 5.10 Å². The zero-order valence-corrected chi connectivity index (χ0v) is 11.6. The molecule has 6 nitrogen and oxygen atoms in total. The van der Waals surface area contributed by atoms with Crippen LogP contribution in [-0.4, -0.2) is 33.3 Å². The molecule has 1 N–H and O–H groups in total. The third-order valence-electron chi connectivity index (χ3n) is 3.42. The Morgan fingerprint density at radius 1 is 1.40 bits per heavy atom. The normalized spacial score (nSPS) is 18.6. The summed E-state index contributed by atoms with van der Waals surface area (Å²) in [5, 5.41) is 7.31. The van der Waals surface area contributed by atoms with Crippen molar-refractivity contribution in [1.29, 1.82) is 0 Å². The minimum Gasteiger partial charge on any atom is -0.358 e. The van der Waals surface area contributed by atoms with Gasteiger partial charge in [0.25, 0.3) is 0 Å². The number of carbonyl (C=O) groups is 1. The number of nitrogens with one attached hydrogen (secondary N) is 1. The van der Waals surface area contributed by atoms with Gasteiger partial charge in [-0.25, -0.2) is 4.98 Å². The SMILES string of the molecule is Cc1cccc(NC2CCN(c3cnn(C)c3)C2=O)n1. The number of pyridine rings is 1. The topological polar surface area (TPSA) is 63.1 Å². The molecule has 1 atom stereocenters. The lowest BCUT2D eigenvalue weighted by Gasteiger charge is -2.15. The summed E-state index contributed by atoms with van der Waals surface area (Å²) in [6, 6.07) is 5.53. The number of carbonyl (C=O) groups excluding carboxylic acids is 1. The molecule has 0 aliphatic carbocycles. The Morgan fingerprint density at radius 3 is 2.95 bits per heavy atom. The molecule has 0 spiro atoms. The highest BCUT2D eigenvalue weighted by Crippen LogP contribution is 2.22. The summed E-state index contributed by atoms with van der Waals surface area (Å²) in [7, 11) is 1.84. The van der Waals surface area contributed by atoms with Crippen LogP contribution in [0, 0.1) is 6.92 Å². The van der Waals surface area contributed by atoms with Gasteiger partial charge in [-0.3, -0.25) is 9.48 Å². The van der Waals surface area contributed by atoms with Gasteiger partial charge >= 0.3 is 0 Å². The molecular formula is C14H17N5O. The van der Waals surface area contributed by atoms with Gasteiger partial charge in [0, 0.05) is 25.5 Å². The summed E-state index contributed by atoms with van der Waals surface area (Å²) in [6.07, 6.45) is 4.33. The minimum absolute atomic E-state index is 0.0707. The molecule has 2 aromatic rings. The van der Waals surface area contributed by atoms with Gasteiger partial charge in [-0.15, -0.1) is 0 Å². The lowest BCUT2D eigenvalue weighted by atomic mass is 10.2. The van der Waals surface area contributed by atoms with Crippen molar-refractivity contribution in [1.82, 2.24) is 14.8 Å². The first-order valence-corrected chi connectivity index (χ1v) is 6.64. The van der Waals surface area contributed by atoms with Crippen LogP contribution in [0.5, 0.6) is 0 Å². The number of aryl methyl sites for hydroxylation is 2. The standard InChI is InChI=1S/C14H17N5O/c1-10-4-3-5-13(16-10)17-12-6-7-19(14(12)20)11-8-15-18(2)9-11/h3-5,8-9,12H,6-7H2,1-2H3,(H,16,17). The largest absolute Gasteiger partial charge is 0.358 e. The monoisotopic (exact) mass is 271 g/mol. The molecule has 1 aliphatic rings. The van der Waals surface area contributed by atoms with Crippen molar-refractivity contribution in [3.8, 4) is 0 Å². The predicted octanol–water partition coefficient (Wildman–Crippen LogP) is 1.34. The Hall–Kier alpha value is -2.37. The van der Waals surface area contributed by atoms with Crippen molar-refractivity contribution in [2.45, 2.75) is 19.4 Å². The maximum absolute atomic E-state index is 12.4. The molecular weight excluding hydrogens is 254 g/mol. The van der Waals surface area contributed by atoms with E-state index in [1.165, 1.54) is 0 Å². The zero-order valence-electron chi connectivity index (χ0n) is 11.6. The third-order valence-corrected chi connectivity index (χ3v) is 3.42. The molecule has 20 heavy (non-hydrogen) atoms. The van der Waals surface area contributed by atoms with E-state index in [1.807, 2.05) is 38.4 Å². The average molecular weight is 271 g/mol. The van der Waals surface area contributed by atoms with Gasteiger partial charge in [-0.1, -0.05) is 6.07 Å². The van der Waals surface area contributed by atoms with Crippen LogP contribution in [-0.2, 0) is 11.8 Å². The molecule has 1 aliphatic heterocycles. The first kappa shape index (κ1) is 12.7. The van der Waals surface area contributed by atoms with Crippen molar-refractivity contribution >= 4 is 17.4 Å². The maximum atomic E-state index is 12.4. The predicted molar refractivity (Wildman–Crippen MR) is 76.6 cm³/mol. The van der Waals surface area contributed by atoms with E-state index in [2.05, 4.69) is 15.4 Å². The van der Waals surface area contributed by atoms with Crippen LogP contribution in [0.2, 0.25) is 0 Å². The highest BCUT2D eigenvalue weighted by Gasteiger charge is 2.33. The fourth-order valence-electron chi connectivity index (χ4n) is 2.42. The third kappa shape index (κ3) is 2.36. The summed E-state index contributed by atoms with van der Waals surface area (Å²) in [6.45, 7) is 2.64. The molecule has 0 saturated carbocycles. The number of hydrogen-bond donors (Lipinski definition) is 1. The first-order valence-electron chi connectivity index (χ1n) is 6.64. The Labute approximate surface area is 117 Å². The second kappa shape index (κ2) is 4.96. The van der Waals surface area contributed by atoms with E-state index in [-0.39, 0.29) is 11.9 Å². The van der Waals surface area contributed by atoms with Gasteiger partial charge in [-0.05, 0) is 25.5 Å². The average Bonchev–Trinajstić information content (AvgIpc) is 2.97. The lowest BCUT2D eigenvalue weighted by molar-refractivity contribution is -0.117. The molecule has 1 unspecified atom stereocenters. The van der Waals surface area contributed by atoms with Gasteiger partial charge in [0.15, 0.2) is 0 Å². The second-order valence-electron chi connectivity index (χ2n) is 5.01. The number of amides is 1. The zero-order chi connectivity index (χ0) is 14.1. The lowest BCUT2D eigenvalue weighted by Crippen LogP contribution is -2.33. The van der Waals surface area contributed by atoms with Gasteiger partial charge in [0.2, 0.25) is 5.91 Å². The number of nitrogens with zero attached hydrogens (tertiary/aromatic N) is 4. The molecule has 1 amide bonds. The highest BCUT2D eigenvalue weighted by molar-refractivity contribution is 6.00. The van der Waals surface area contributed by atoms with Crippen LogP contribution < -0.4 is 10.2 Å². The van der Waals surface area contributed by atoms with E-state index >= 15 is 0 Å². The molecule has 1 fully saturated rings. The molecule has 0 aromatic carbocycles. The van der Waals surface area contributed by atoms with Crippen molar-refractivity contribution in [3.05, 3.63) is 36.3 Å². The summed E-state index contributed by atoms with van der Waals surface area (Å²) >= 11 is 0. The molecule has 2 aromatic heterocycles. The van der Waals surface area contributed by atoms with Crippen molar-refractivity contribution in [2.75, 3.05) is 16.8 Å². The van der Waals surface area contributed by atoms with E-state index in [9.17, 15) is 4.79 Å². The highest BCUT2D eigenvalue weighted by atomic mass is 16.2. The molecule has 3 heterocycles. The molecule has 0 bridgehead atoms. The quantitative estimate of drug-likeness (QED) is 0.915. The van der Waals surface area contributed by atoms with Crippen LogP contribution in [0.25, 0.3) is 0 Å². The summed E-state index contributed by atoms with van der Waals surface area (Å²) in [4.78, 5) is 18.5. The fraction of sp³-hybridized carbons (Fsp3) is 0.357. The number of anilines is 2. The van der Waals surface area contributed by atoms with Crippen molar-refractivity contribution in [2.24, 2.45) is 7.05 Å². The van der Waals surface area contributed by atoms with Crippen LogP contribution in [0.15, 0.2) is 30.6 Å². The van der Waals surface area contributed by atoms with Crippen molar-refractivity contribution < 1.29 is 4.79 Å². The van der Waals surface area contributed by atoms with Crippen LogP contribution >= 0.6 is 0 Å². The fourth-order valence-corrected chi connectivity index (χ4v) is 2.42. The number of hydrogen-bond acceptors (Lipinski definition) is 4. The maximum Gasteiger partial charge on any atom is 0.249 e. The van der Waals surface area contributed by atoms with E-state index < -0.39 is 0 Å². The molecule has 6 heteroatoms.